The van der Waals surface area contributed by atoms with E-state index in [4.69, 9.17) is 5.73 Å². The molecule has 5 unspecified atom stereocenters. The summed E-state index contributed by atoms with van der Waals surface area (Å²) in [5.74, 6) is 1.20. The van der Waals surface area contributed by atoms with Gasteiger partial charge in [0.2, 0.25) is 5.91 Å². The zero-order valence-electron chi connectivity index (χ0n) is 13.5. The summed E-state index contributed by atoms with van der Waals surface area (Å²) < 4.78 is 0. The van der Waals surface area contributed by atoms with Gasteiger partial charge in [0, 0.05) is 6.04 Å². The molecule has 120 valence electrons. The molecule has 4 rings (SSSR count). The van der Waals surface area contributed by atoms with Crippen LogP contribution in [0.2, 0.25) is 0 Å². The van der Waals surface area contributed by atoms with Gasteiger partial charge in [0.25, 0.3) is 0 Å². The van der Waals surface area contributed by atoms with Crippen molar-refractivity contribution in [3.8, 4) is 0 Å². The molecule has 5 atom stereocenters. The quantitative estimate of drug-likeness (QED) is 0.913. The summed E-state index contributed by atoms with van der Waals surface area (Å²) in [4.78, 5) is 12.8. The average molecular weight is 308 g/mol. The van der Waals surface area contributed by atoms with Crippen molar-refractivity contribution in [1.29, 1.82) is 0 Å². The van der Waals surface area contributed by atoms with E-state index in [1.165, 1.54) is 29.2 Å². The van der Waals surface area contributed by atoms with Crippen LogP contribution in [0.1, 0.15) is 37.8 Å². The standard InChI is InChI=1S/C20H24N2O/c1-12(16-8-4-6-13-5-2-3-7-17(13)16)22-20(23)18-14-9-10-15(11-14)19(18)21/h2-8,12,14-15,18-19H,9-11,21H2,1H3,(H,22,23). The third-order valence-corrected chi connectivity index (χ3v) is 5.93. The van der Waals surface area contributed by atoms with Crippen LogP contribution in [0.3, 0.4) is 0 Å². The van der Waals surface area contributed by atoms with Gasteiger partial charge in [-0.3, -0.25) is 4.79 Å². The number of amides is 1. The van der Waals surface area contributed by atoms with E-state index < -0.39 is 0 Å². The van der Waals surface area contributed by atoms with Crippen LogP contribution in [0.25, 0.3) is 10.8 Å². The lowest BCUT2D eigenvalue weighted by Gasteiger charge is -2.28. The molecule has 0 aliphatic heterocycles. The summed E-state index contributed by atoms with van der Waals surface area (Å²) in [6.45, 7) is 2.07. The molecule has 2 aliphatic rings. The van der Waals surface area contributed by atoms with Crippen molar-refractivity contribution in [2.75, 3.05) is 0 Å². The summed E-state index contributed by atoms with van der Waals surface area (Å²) in [6, 6.07) is 14.6. The maximum atomic E-state index is 12.8. The molecule has 2 aromatic rings. The molecule has 2 bridgehead atoms. The third-order valence-electron chi connectivity index (χ3n) is 5.93. The van der Waals surface area contributed by atoms with E-state index in [-0.39, 0.29) is 23.9 Å². The SMILES string of the molecule is CC(NC(=O)C1C2CCC(C2)C1N)c1cccc2ccccc12. The fourth-order valence-electron chi connectivity index (χ4n) is 4.74. The smallest absolute Gasteiger partial charge is 0.225 e. The Balaban J connectivity index is 1.55. The van der Waals surface area contributed by atoms with Gasteiger partial charge >= 0.3 is 0 Å². The number of fused-ring (bicyclic) bond motifs is 3. The van der Waals surface area contributed by atoms with Crippen LogP contribution in [0.5, 0.6) is 0 Å². The molecule has 0 aromatic heterocycles. The fraction of sp³-hybridized carbons (Fsp3) is 0.450. The molecule has 0 saturated heterocycles. The molecule has 1 amide bonds. The normalized spacial score (nSPS) is 30.5. The van der Waals surface area contributed by atoms with Gasteiger partial charge in [0.05, 0.1) is 12.0 Å². The number of carbonyl (C=O) groups is 1. The van der Waals surface area contributed by atoms with Crippen molar-refractivity contribution in [2.45, 2.75) is 38.3 Å². The van der Waals surface area contributed by atoms with Crippen molar-refractivity contribution in [2.24, 2.45) is 23.5 Å². The Morgan fingerprint density at radius 2 is 1.87 bits per heavy atom. The molecule has 23 heavy (non-hydrogen) atoms. The topological polar surface area (TPSA) is 55.1 Å². The zero-order chi connectivity index (χ0) is 16.0. The molecule has 3 N–H and O–H groups in total. The second-order valence-electron chi connectivity index (χ2n) is 7.23. The molecule has 2 aliphatic carbocycles. The van der Waals surface area contributed by atoms with Gasteiger partial charge in [-0.15, -0.1) is 0 Å². The van der Waals surface area contributed by atoms with Gasteiger partial charge in [-0.2, -0.15) is 0 Å². The van der Waals surface area contributed by atoms with Crippen LogP contribution in [0, 0.1) is 17.8 Å². The summed E-state index contributed by atoms with van der Waals surface area (Å²) in [7, 11) is 0. The first-order chi connectivity index (χ1) is 11.1. The van der Waals surface area contributed by atoms with E-state index in [1.807, 2.05) is 12.1 Å². The molecule has 3 heteroatoms. The number of hydrogen-bond acceptors (Lipinski definition) is 2. The zero-order valence-corrected chi connectivity index (χ0v) is 13.5. The van der Waals surface area contributed by atoms with Crippen LogP contribution in [-0.2, 0) is 4.79 Å². The Kier molecular flexibility index (Phi) is 3.61. The van der Waals surface area contributed by atoms with E-state index >= 15 is 0 Å². The monoisotopic (exact) mass is 308 g/mol. The van der Waals surface area contributed by atoms with Crippen molar-refractivity contribution >= 4 is 16.7 Å². The molecule has 0 heterocycles. The first-order valence-electron chi connectivity index (χ1n) is 8.69. The minimum atomic E-state index is -0.0000680. The Morgan fingerprint density at radius 1 is 1.13 bits per heavy atom. The lowest BCUT2D eigenvalue weighted by Crippen LogP contribution is -2.45. The van der Waals surface area contributed by atoms with Crippen molar-refractivity contribution in [3.05, 3.63) is 48.0 Å². The predicted molar refractivity (Wildman–Crippen MR) is 92.8 cm³/mol. The second kappa shape index (κ2) is 5.64. The van der Waals surface area contributed by atoms with Gasteiger partial charge in [0.15, 0.2) is 0 Å². The number of nitrogens with two attached hydrogens (primary N) is 1. The highest BCUT2D eigenvalue weighted by Crippen LogP contribution is 2.47. The highest BCUT2D eigenvalue weighted by atomic mass is 16.2. The van der Waals surface area contributed by atoms with E-state index in [1.54, 1.807) is 0 Å². The molecule has 2 fully saturated rings. The van der Waals surface area contributed by atoms with Crippen molar-refractivity contribution in [3.63, 3.8) is 0 Å². The highest BCUT2D eigenvalue weighted by Gasteiger charge is 2.49. The van der Waals surface area contributed by atoms with E-state index in [0.717, 1.165) is 6.42 Å². The first kappa shape index (κ1) is 14.7. The number of nitrogens with one attached hydrogen (secondary N) is 1. The molecule has 2 aromatic carbocycles. The van der Waals surface area contributed by atoms with E-state index in [9.17, 15) is 4.79 Å². The number of carbonyl (C=O) groups excluding carboxylic acids is 1. The lowest BCUT2D eigenvalue weighted by molar-refractivity contribution is -0.127. The Bertz CT molecular complexity index is 734. The summed E-state index contributed by atoms with van der Waals surface area (Å²) >= 11 is 0. The van der Waals surface area contributed by atoms with Gasteiger partial charge in [-0.25, -0.2) is 0 Å². The van der Waals surface area contributed by atoms with Crippen molar-refractivity contribution in [1.82, 2.24) is 5.32 Å². The largest absolute Gasteiger partial charge is 0.349 e. The summed E-state index contributed by atoms with van der Waals surface area (Å²) in [5.41, 5.74) is 7.48. The van der Waals surface area contributed by atoms with Gasteiger partial charge in [-0.05, 0) is 54.4 Å². The average Bonchev–Trinajstić information content (AvgIpc) is 3.15. The van der Waals surface area contributed by atoms with Crippen LogP contribution < -0.4 is 11.1 Å². The van der Waals surface area contributed by atoms with Gasteiger partial charge in [0.1, 0.15) is 0 Å². The second-order valence-corrected chi connectivity index (χ2v) is 7.23. The summed E-state index contributed by atoms with van der Waals surface area (Å²) in [6.07, 6.45) is 3.51. The maximum Gasteiger partial charge on any atom is 0.225 e. The maximum absolute atomic E-state index is 12.8. The predicted octanol–water partition coefficient (Wildman–Crippen LogP) is 3.39. The first-order valence-corrected chi connectivity index (χ1v) is 8.69. The van der Waals surface area contributed by atoms with Crippen LogP contribution in [-0.4, -0.2) is 11.9 Å². The Labute approximate surface area is 137 Å². The molecular formula is C20H24N2O. The van der Waals surface area contributed by atoms with Gasteiger partial charge < -0.3 is 11.1 Å². The number of hydrogen-bond donors (Lipinski definition) is 2. The Hall–Kier alpha value is -1.87. The Morgan fingerprint density at radius 3 is 2.65 bits per heavy atom. The molecule has 0 radical (unpaired) electrons. The van der Waals surface area contributed by atoms with Crippen LogP contribution in [0.4, 0.5) is 0 Å². The van der Waals surface area contributed by atoms with Crippen LogP contribution >= 0.6 is 0 Å². The molecule has 0 spiro atoms. The fourth-order valence-corrected chi connectivity index (χ4v) is 4.74. The molecule has 3 nitrogen and oxygen atoms in total. The molecule has 2 saturated carbocycles. The molecular weight excluding hydrogens is 284 g/mol. The minimum Gasteiger partial charge on any atom is -0.349 e. The number of benzene rings is 2. The lowest BCUT2D eigenvalue weighted by atomic mass is 9.84. The van der Waals surface area contributed by atoms with Gasteiger partial charge in [-0.1, -0.05) is 42.5 Å². The van der Waals surface area contributed by atoms with Crippen LogP contribution in [0.15, 0.2) is 42.5 Å². The highest BCUT2D eigenvalue weighted by molar-refractivity contribution is 5.87. The van der Waals surface area contributed by atoms with E-state index in [0.29, 0.717) is 11.8 Å². The van der Waals surface area contributed by atoms with Crippen molar-refractivity contribution < 1.29 is 4.79 Å². The summed E-state index contributed by atoms with van der Waals surface area (Å²) in [5, 5.41) is 5.65. The third kappa shape index (κ3) is 2.43. The number of rotatable bonds is 3. The van der Waals surface area contributed by atoms with E-state index in [2.05, 4.69) is 42.6 Å². The minimum absolute atomic E-state index is 0.0000680.